The smallest absolute Gasteiger partial charge is 0.260 e. The highest BCUT2D eigenvalue weighted by molar-refractivity contribution is 6.07. The SMILES string of the molecule is COc1ccc(O)c(C(=O)Nc2c(N)cnn2C)c1. The number of hydrogen-bond donors (Lipinski definition) is 3. The summed E-state index contributed by atoms with van der Waals surface area (Å²) in [4.78, 5) is 12.1. The van der Waals surface area contributed by atoms with Crippen molar-refractivity contribution in [2.24, 2.45) is 7.05 Å². The molecule has 0 aliphatic rings. The van der Waals surface area contributed by atoms with Crippen LogP contribution < -0.4 is 15.8 Å². The van der Waals surface area contributed by atoms with Gasteiger partial charge in [-0.15, -0.1) is 0 Å². The van der Waals surface area contributed by atoms with E-state index in [1.54, 1.807) is 13.1 Å². The van der Waals surface area contributed by atoms with Crippen molar-refractivity contribution in [1.29, 1.82) is 0 Å². The van der Waals surface area contributed by atoms with Gasteiger partial charge in [0.05, 0.1) is 24.6 Å². The van der Waals surface area contributed by atoms with Gasteiger partial charge in [-0.05, 0) is 18.2 Å². The molecule has 0 aliphatic carbocycles. The first-order chi connectivity index (χ1) is 9.02. The summed E-state index contributed by atoms with van der Waals surface area (Å²) in [7, 11) is 3.13. The Bertz CT molecular complexity index is 602. The number of benzene rings is 1. The summed E-state index contributed by atoms with van der Waals surface area (Å²) in [6, 6.07) is 4.39. The van der Waals surface area contributed by atoms with E-state index in [2.05, 4.69) is 10.4 Å². The summed E-state index contributed by atoms with van der Waals surface area (Å²) in [6.45, 7) is 0. The zero-order chi connectivity index (χ0) is 14.0. The fraction of sp³-hybridized carbons (Fsp3) is 0.167. The number of nitrogens with zero attached hydrogens (tertiary/aromatic N) is 2. The number of aromatic hydroxyl groups is 1. The van der Waals surface area contributed by atoms with E-state index in [-0.39, 0.29) is 11.3 Å². The van der Waals surface area contributed by atoms with Crippen molar-refractivity contribution in [2.75, 3.05) is 18.2 Å². The highest BCUT2D eigenvalue weighted by Crippen LogP contribution is 2.25. The molecular formula is C12H14N4O3. The van der Waals surface area contributed by atoms with Crippen molar-refractivity contribution in [3.8, 4) is 11.5 Å². The quantitative estimate of drug-likeness (QED) is 0.764. The normalized spacial score (nSPS) is 10.2. The van der Waals surface area contributed by atoms with Crippen LogP contribution in [0.25, 0.3) is 0 Å². The number of ether oxygens (including phenoxy) is 1. The van der Waals surface area contributed by atoms with E-state index in [9.17, 15) is 9.90 Å². The molecule has 1 aromatic heterocycles. The zero-order valence-corrected chi connectivity index (χ0v) is 10.5. The number of carbonyl (C=O) groups excluding carboxylic acids is 1. The number of nitrogen functional groups attached to an aromatic ring is 1. The third-order valence-electron chi connectivity index (χ3n) is 2.65. The number of methoxy groups -OCH3 is 1. The molecule has 1 aromatic carbocycles. The monoisotopic (exact) mass is 262 g/mol. The van der Waals surface area contributed by atoms with Gasteiger partial charge in [0, 0.05) is 7.05 Å². The van der Waals surface area contributed by atoms with Gasteiger partial charge in [0.2, 0.25) is 0 Å². The minimum Gasteiger partial charge on any atom is -0.507 e. The molecule has 7 nitrogen and oxygen atoms in total. The van der Waals surface area contributed by atoms with Crippen LogP contribution >= 0.6 is 0 Å². The number of hydrogen-bond acceptors (Lipinski definition) is 5. The predicted octanol–water partition coefficient (Wildman–Crippen LogP) is 0.969. The topological polar surface area (TPSA) is 102 Å². The van der Waals surface area contributed by atoms with Crippen LogP contribution in [0.1, 0.15) is 10.4 Å². The average molecular weight is 262 g/mol. The lowest BCUT2D eigenvalue weighted by atomic mass is 10.1. The number of nitrogens with one attached hydrogen (secondary N) is 1. The fourth-order valence-electron chi connectivity index (χ4n) is 1.61. The number of rotatable bonds is 3. The summed E-state index contributed by atoms with van der Waals surface area (Å²) in [5, 5.41) is 16.2. The van der Waals surface area contributed by atoms with Gasteiger partial charge in [0.15, 0.2) is 5.82 Å². The maximum absolute atomic E-state index is 12.1. The van der Waals surface area contributed by atoms with E-state index < -0.39 is 5.91 Å². The molecule has 19 heavy (non-hydrogen) atoms. The number of amides is 1. The summed E-state index contributed by atoms with van der Waals surface area (Å²) >= 11 is 0. The number of nitrogens with two attached hydrogens (primary N) is 1. The van der Waals surface area contributed by atoms with Crippen molar-refractivity contribution in [3.05, 3.63) is 30.0 Å². The van der Waals surface area contributed by atoms with Crippen LogP contribution in [0.5, 0.6) is 11.5 Å². The Kier molecular flexibility index (Phi) is 3.28. The molecule has 2 aromatic rings. The van der Waals surface area contributed by atoms with Gasteiger partial charge in [-0.3, -0.25) is 9.48 Å². The second-order valence-electron chi connectivity index (χ2n) is 3.91. The van der Waals surface area contributed by atoms with E-state index in [1.165, 1.54) is 30.1 Å². The van der Waals surface area contributed by atoms with Crippen LogP contribution in [0.2, 0.25) is 0 Å². The molecule has 0 saturated carbocycles. The summed E-state index contributed by atoms with van der Waals surface area (Å²) in [6.07, 6.45) is 1.43. The van der Waals surface area contributed by atoms with Gasteiger partial charge in [-0.1, -0.05) is 0 Å². The molecule has 100 valence electrons. The fourth-order valence-corrected chi connectivity index (χ4v) is 1.61. The molecule has 0 atom stereocenters. The first kappa shape index (κ1) is 12.7. The number of anilines is 2. The van der Waals surface area contributed by atoms with Crippen LogP contribution in [0, 0.1) is 0 Å². The zero-order valence-electron chi connectivity index (χ0n) is 10.5. The second-order valence-corrected chi connectivity index (χ2v) is 3.91. The molecule has 0 radical (unpaired) electrons. The molecule has 0 fully saturated rings. The van der Waals surface area contributed by atoms with Crippen LogP contribution in [0.3, 0.4) is 0 Å². The Morgan fingerprint density at radius 2 is 2.26 bits per heavy atom. The number of aryl methyl sites for hydroxylation is 1. The van der Waals surface area contributed by atoms with Gasteiger partial charge < -0.3 is 20.9 Å². The maximum atomic E-state index is 12.1. The minimum atomic E-state index is -0.494. The Morgan fingerprint density at radius 1 is 1.53 bits per heavy atom. The van der Waals surface area contributed by atoms with E-state index in [1.807, 2.05) is 0 Å². The van der Waals surface area contributed by atoms with Gasteiger partial charge in [-0.25, -0.2) is 0 Å². The van der Waals surface area contributed by atoms with E-state index in [0.29, 0.717) is 17.3 Å². The molecule has 0 bridgehead atoms. The molecular weight excluding hydrogens is 248 g/mol. The van der Waals surface area contributed by atoms with Crippen molar-refractivity contribution in [2.45, 2.75) is 0 Å². The first-order valence-electron chi connectivity index (χ1n) is 5.48. The highest BCUT2D eigenvalue weighted by atomic mass is 16.5. The van der Waals surface area contributed by atoms with Gasteiger partial charge in [0.25, 0.3) is 5.91 Å². The summed E-state index contributed by atoms with van der Waals surface area (Å²) < 4.78 is 6.44. The average Bonchev–Trinajstić information content (AvgIpc) is 2.71. The van der Waals surface area contributed by atoms with Crippen molar-refractivity contribution in [1.82, 2.24) is 9.78 Å². The highest BCUT2D eigenvalue weighted by Gasteiger charge is 2.15. The second kappa shape index (κ2) is 4.89. The Morgan fingerprint density at radius 3 is 2.84 bits per heavy atom. The molecule has 0 unspecified atom stereocenters. The lowest BCUT2D eigenvalue weighted by Gasteiger charge is -2.09. The lowest BCUT2D eigenvalue weighted by Crippen LogP contribution is -2.15. The standard InChI is InChI=1S/C12H14N4O3/c1-16-11(9(13)6-14-16)15-12(18)8-5-7(19-2)3-4-10(8)17/h3-6,17H,13H2,1-2H3,(H,15,18). The Balaban J connectivity index is 2.30. The number of aromatic nitrogens is 2. The molecule has 7 heteroatoms. The molecule has 1 amide bonds. The largest absolute Gasteiger partial charge is 0.507 e. The predicted molar refractivity (Wildman–Crippen MR) is 70.2 cm³/mol. The molecule has 2 rings (SSSR count). The third kappa shape index (κ3) is 2.44. The van der Waals surface area contributed by atoms with Crippen LogP contribution in [0.15, 0.2) is 24.4 Å². The van der Waals surface area contributed by atoms with Crippen molar-refractivity contribution >= 4 is 17.4 Å². The van der Waals surface area contributed by atoms with E-state index in [4.69, 9.17) is 10.5 Å². The van der Waals surface area contributed by atoms with Crippen LogP contribution in [-0.2, 0) is 7.05 Å². The third-order valence-corrected chi connectivity index (χ3v) is 2.65. The summed E-state index contributed by atoms with van der Waals surface area (Å²) in [5.74, 6) is 0.207. The van der Waals surface area contributed by atoms with Gasteiger partial charge >= 0.3 is 0 Å². The first-order valence-corrected chi connectivity index (χ1v) is 5.48. The number of carbonyl (C=O) groups is 1. The maximum Gasteiger partial charge on any atom is 0.260 e. The molecule has 0 saturated heterocycles. The van der Waals surface area contributed by atoms with E-state index in [0.717, 1.165) is 0 Å². The number of phenols is 1. The molecule has 0 aliphatic heterocycles. The lowest BCUT2D eigenvalue weighted by molar-refractivity contribution is 0.102. The Labute approximate surface area is 109 Å². The van der Waals surface area contributed by atoms with Gasteiger partial charge in [-0.2, -0.15) is 5.10 Å². The van der Waals surface area contributed by atoms with Gasteiger partial charge in [0.1, 0.15) is 11.5 Å². The molecule has 1 heterocycles. The molecule has 4 N–H and O–H groups in total. The van der Waals surface area contributed by atoms with Crippen LogP contribution in [0.4, 0.5) is 11.5 Å². The van der Waals surface area contributed by atoms with Crippen molar-refractivity contribution in [3.63, 3.8) is 0 Å². The Hall–Kier alpha value is -2.70. The van der Waals surface area contributed by atoms with Crippen LogP contribution in [-0.4, -0.2) is 27.9 Å². The summed E-state index contributed by atoms with van der Waals surface area (Å²) in [5.41, 5.74) is 6.12. The minimum absolute atomic E-state index is 0.0972. The number of phenolic OH excluding ortho intramolecular Hbond substituents is 1. The van der Waals surface area contributed by atoms with Crippen molar-refractivity contribution < 1.29 is 14.6 Å². The molecule has 0 spiro atoms. The van der Waals surface area contributed by atoms with E-state index >= 15 is 0 Å².